The van der Waals surface area contributed by atoms with Crippen LogP contribution in [0.3, 0.4) is 0 Å². The number of hydrogen-bond donors (Lipinski definition) is 6. The lowest BCUT2D eigenvalue weighted by Crippen LogP contribution is -2.72. The molecule has 0 aromatic heterocycles. The number of ether oxygens (including phenoxy) is 1. The Bertz CT molecular complexity index is 338. The van der Waals surface area contributed by atoms with Crippen molar-refractivity contribution in [1.29, 1.82) is 0 Å². The van der Waals surface area contributed by atoms with E-state index in [0.29, 0.717) is 0 Å². The van der Waals surface area contributed by atoms with Gasteiger partial charge in [0, 0.05) is 5.57 Å². The van der Waals surface area contributed by atoms with Gasteiger partial charge in [-0.15, -0.1) is 0 Å². The molecule has 2 unspecified atom stereocenters. The summed E-state index contributed by atoms with van der Waals surface area (Å²) in [6.45, 7) is 4.49. The third-order valence-corrected chi connectivity index (χ3v) is 2.80. The molecule has 0 aliphatic heterocycles. The van der Waals surface area contributed by atoms with Crippen molar-refractivity contribution in [1.82, 2.24) is 0 Å². The molecule has 1 aliphatic carbocycles. The molecule has 1 saturated carbocycles. The normalized spacial score (nSPS) is 44.5. The maximum absolute atomic E-state index is 11.3. The molecule has 0 heterocycles. The van der Waals surface area contributed by atoms with Crippen LogP contribution < -0.4 is 0 Å². The predicted molar refractivity (Wildman–Crippen MR) is 55.9 cm³/mol. The monoisotopic (exact) mass is 264 g/mol. The Balaban J connectivity index is 3.03. The number of aliphatic hydroxyl groups excluding tert-OH is 5. The van der Waals surface area contributed by atoms with E-state index in [1.54, 1.807) is 0 Å². The van der Waals surface area contributed by atoms with E-state index in [2.05, 4.69) is 11.3 Å². The summed E-state index contributed by atoms with van der Waals surface area (Å²) < 4.78 is 4.44. The van der Waals surface area contributed by atoms with Gasteiger partial charge < -0.3 is 35.4 Å². The van der Waals surface area contributed by atoms with E-state index in [-0.39, 0.29) is 5.57 Å². The molecular weight excluding hydrogens is 248 g/mol. The van der Waals surface area contributed by atoms with Gasteiger partial charge in [-0.05, 0) is 6.92 Å². The van der Waals surface area contributed by atoms with E-state index in [9.17, 15) is 35.4 Å². The van der Waals surface area contributed by atoms with Crippen LogP contribution in [-0.2, 0) is 9.53 Å². The second kappa shape index (κ2) is 4.92. The fraction of sp³-hybridized carbons (Fsp3) is 0.700. The first-order chi connectivity index (χ1) is 8.12. The summed E-state index contributed by atoms with van der Waals surface area (Å²) in [6.07, 6.45) is -10.3. The SMILES string of the molecule is C=C(C)C(=O)OC1(O)[C@H](O)[C@H](O)C(O)[C@H](O)[C@H]1O. The van der Waals surface area contributed by atoms with Gasteiger partial charge in [0.25, 0.3) is 5.79 Å². The molecule has 0 spiro atoms. The summed E-state index contributed by atoms with van der Waals surface area (Å²) in [5.74, 6) is -4.07. The first kappa shape index (κ1) is 15.0. The minimum atomic E-state index is -2.94. The largest absolute Gasteiger partial charge is 0.424 e. The van der Waals surface area contributed by atoms with Gasteiger partial charge in [0.15, 0.2) is 12.2 Å². The van der Waals surface area contributed by atoms with E-state index >= 15 is 0 Å². The Labute approximate surface area is 102 Å². The Morgan fingerprint density at radius 3 is 1.78 bits per heavy atom. The van der Waals surface area contributed by atoms with Crippen molar-refractivity contribution in [2.24, 2.45) is 0 Å². The molecule has 6 atom stereocenters. The maximum atomic E-state index is 11.3. The Morgan fingerprint density at radius 1 is 1.06 bits per heavy atom. The molecule has 18 heavy (non-hydrogen) atoms. The maximum Gasteiger partial charge on any atom is 0.335 e. The number of carbonyl (C=O) groups excluding carboxylic acids is 1. The number of rotatable bonds is 2. The Kier molecular flexibility index (Phi) is 4.11. The fourth-order valence-electron chi connectivity index (χ4n) is 1.60. The minimum Gasteiger partial charge on any atom is -0.424 e. The minimum absolute atomic E-state index is 0.127. The van der Waals surface area contributed by atoms with E-state index in [4.69, 9.17) is 0 Å². The lowest BCUT2D eigenvalue weighted by Gasteiger charge is -2.46. The number of esters is 1. The molecule has 104 valence electrons. The van der Waals surface area contributed by atoms with Crippen molar-refractivity contribution in [2.45, 2.75) is 43.2 Å². The molecule has 0 aromatic carbocycles. The smallest absolute Gasteiger partial charge is 0.335 e. The van der Waals surface area contributed by atoms with Crippen LogP contribution in [0.2, 0.25) is 0 Å². The third-order valence-electron chi connectivity index (χ3n) is 2.80. The molecule has 1 rings (SSSR count). The molecule has 0 aromatic rings. The van der Waals surface area contributed by atoms with E-state index < -0.39 is 42.3 Å². The highest BCUT2D eigenvalue weighted by atomic mass is 16.7. The lowest BCUT2D eigenvalue weighted by atomic mass is 9.82. The molecule has 0 bridgehead atoms. The fourth-order valence-corrected chi connectivity index (χ4v) is 1.60. The highest BCUT2D eigenvalue weighted by molar-refractivity contribution is 5.87. The lowest BCUT2D eigenvalue weighted by molar-refractivity contribution is -0.346. The van der Waals surface area contributed by atoms with Crippen LogP contribution in [0.5, 0.6) is 0 Å². The van der Waals surface area contributed by atoms with Crippen LogP contribution >= 0.6 is 0 Å². The van der Waals surface area contributed by atoms with Crippen molar-refractivity contribution in [3.05, 3.63) is 12.2 Å². The van der Waals surface area contributed by atoms with E-state index in [1.165, 1.54) is 6.92 Å². The summed E-state index contributed by atoms with van der Waals surface area (Å²) >= 11 is 0. The van der Waals surface area contributed by atoms with Crippen LogP contribution in [-0.4, -0.2) is 72.9 Å². The number of aliphatic hydroxyl groups is 6. The van der Waals surface area contributed by atoms with Gasteiger partial charge in [0.2, 0.25) is 0 Å². The average molecular weight is 264 g/mol. The van der Waals surface area contributed by atoms with Crippen LogP contribution in [0.1, 0.15) is 6.92 Å². The summed E-state index contributed by atoms with van der Waals surface area (Å²) in [5.41, 5.74) is -0.127. The van der Waals surface area contributed by atoms with Crippen LogP contribution in [0.25, 0.3) is 0 Å². The highest BCUT2D eigenvalue weighted by Gasteiger charge is 2.60. The topological polar surface area (TPSA) is 148 Å². The second-order valence-electron chi connectivity index (χ2n) is 4.28. The zero-order chi connectivity index (χ0) is 14.2. The Hall–Kier alpha value is -1.03. The molecular formula is C10H16O8. The molecule has 0 saturated heterocycles. The zero-order valence-corrected chi connectivity index (χ0v) is 9.59. The van der Waals surface area contributed by atoms with Crippen molar-refractivity contribution >= 4 is 5.97 Å². The van der Waals surface area contributed by atoms with E-state index in [1.807, 2.05) is 0 Å². The standard InChI is InChI=1S/C10H16O8/c1-3(2)9(16)18-10(17)7(14)5(12)4(11)6(13)8(10)15/h4-8,11-15,17H,1H2,2H3/t4?,5-,6+,7-,8-,10?/m1/s1. The van der Waals surface area contributed by atoms with Crippen LogP contribution in [0, 0.1) is 0 Å². The van der Waals surface area contributed by atoms with Gasteiger partial charge in [0.05, 0.1) is 0 Å². The van der Waals surface area contributed by atoms with Crippen molar-refractivity contribution < 1.29 is 40.2 Å². The van der Waals surface area contributed by atoms with E-state index in [0.717, 1.165) is 0 Å². The van der Waals surface area contributed by atoms with Gasteiger partial charge in [-0.2, -0.15) is 0 Å². The predicted octanol–water partition coefficient (Wildman–Crippen LogP) is -3.39. The first-order valence-corrected chi connectivity index (χ1v) is 5.14. The molecule has 1 fully saturated rings. The van der Waals surface area contributed by atoms with Gasteiger partial charge in [0.1, 0.15) is 18.3 Å². The first-order valence-electron chi connectivity index (χ1n) is 5.14. The van der Waals surface area contributed by atoms with Gasteiger partial charge in [-0.3, -0.25) is 0 Å². The molecule has 0 amide bonds. The number of hydrogen-bond acceptors (Lipinski definition) is 8. The molecule has 6 N–H and O–H groups in total. The molecule has 0 radical (unpaired) electrons. The summed E-state index contributed by atoms with van der Waals surface area (Å²) in [7, 11) is 0. The molecule has 8 nitrogen and oxygen atoms in total. The van der Waals surface area contributed by atoms with Crippen molar-refractivity contribution in [3.63, 3.8) is 0 Å². The zero-order valence-electron chi connectivity index (χ0n) is 9.59. The molecule has 1 aliphatic rings. The molecule has 8 heteroatoms. The Morgan fingerprint density at radius 2 is 1.44 bits per heavy atom. The highest BCUT2D eigenvalue weighted by Crippen LogP contribution is 2.31. The van der Waals surface area contributed by atoms with Gasteiger partial charge in [-0.1, -0.05) is 6.58 Å². The van der Waals surface area contributed by atoms with Gasteiger partial charge >= 0.3 is 5.97 Å². The van der Waals surface area contributed by atoms with Crippen LogP contribution in [0.4, 0.5) is 0 Å². The summed E-state index contributed by atoms with van der Waals surface area (Å²) in [4.78, 5) is 11.3. The van der Waals surface area contributed by atoms with Crippen molar-refractivity contribution in [3.8, 4) is 0 Å². The number of carbonyl (C=O) groups is 1. The quantitative estimate of drug-likeness (QED) is 0.172. The average Bonchev–Trinajstić information content (AvgIpc) is 2.32. The van der Waals surface area contributed by atoms with Crippen LogP contribution in [0.15, 0.2) is 12.2 Å². The second-order valence-corrected chi connectivity index (χ2v) is 4.28. The summed E-state index contributed by atoms with van der Waals surface area (Å²) in [5, 5.41) is 57.0. The van der Waals surface area contributed by atoms with Crippen molar-refractivity contribution in [2.75, 3.05) is 0 Å². The summed E-state index contributed by atoms with van der Waals surface area (Å²) in [6, 6.07) is 0. The third kappa shape index (κ3) is 2.26. The van der Waals surface area contributed by atoms with Gasteiger partial charge in [-0.25, -0.2) is 4.79 Å².